The molecule has 0 bridgehead atoms. The highest BCUT2D eigenvalue weighted by Gasteiger charge is 2.16. The lowest BCUT2D eigenvalue weighted by Crippen LogP contribution is -2.22. The molecule has 0 radical (unpaired) electrons. The largest absolute Gasteiger partial charge is 0.490 e. The van der Waals surface area contributed by atoms with Crippen LogP contribution in [0.25, 0.3) is 0 Å². The third-order valence-electron chi connectivity index (χ3n) is 2.81. The van der Waals surface area contributed by atoms with Gasteiger partial charge in [0.15, 0.2) is 0 Å². The van der Waals surface area contributed by atoms with Gasteiger partial charge in [-0.25, -0.2) is 0 Å². The van der Waals surface area contributed by atoms with E-state index in [0.29, 0.717) is 17.2 Å². The van der Waals surface area contributed by atoms with E-state index in [4.69, 9.17) is 15.9 Å². The van der Waals surface area contributed by atoms with E-state index < -0.39 is 0 Å². The zero-order valence-corrected chi connectivity index (χ0v) is 11.2. The topological polar surface area (TPSA) is 72.0 Å². The van der Waals surface area contributed by atoms with Crippen molar-refractivity contribution in [2.45, 2.75) is 40.7 Å². The Morgan fingerprint density at radius 3 is 2.41 bits per heavy atom. The van der Waals surface area contributed by atoms with Gasteiger partial charge in [-0.2, -0.15) is 0 Å². The summed E-state index contributed by atoms with van der Waals surface area (Å²) in [6, 6.07) is 1.84. The molecule has 1 aromatic rings. The van der Waals surface area contributed by atoms with Crippen molar-refractivity contribution in [3.8, 4) is 5.75 Å². The van der Waals surface area contributed by atoms with Gasteiger partial charge >= 0.3 is 0 Å². The van der Waals surface area contributed by atoms with Crippen molar-refractivity contribution in [3.05, 3.63) is 23.0 Å². The monoisotopic (exact) mass is 235 g/mol. The van der Waals surface area contributed by atoms with Gasteiger partial charge in [-0.05, 0) is 26.7 Å². The van der Waals surface area contributed by atoms with Gasteiger partial charge in [0.2, 0.25) is 0 Å². The van der Waals surface area contributed by atoms with Gasteiger partial charge in [-0.15, -0.1) is 0 Å². The van der Waals surface area contributed by atoms with Crippen LogP contribution in [0.2, 0.25) is 0 Å². The summed E-state index contributed by atoms with van der Waals surface area (Å²) >= 11 is 0. The zero-order valence-electron chi connectivity index (χ0n) is 11.2. The Labute approximate surface area is 103 Å². The number of hydrogen-bond donors (Lipinski definition) is 2. The first kappa shape index (κ1) is 13.5. The molecule has 1 heterocycles. The summed E-state index contributed by atoms with van der Waals surface area (Å²) < 4.78 is 5.87. The molecule has 1 rings (SSSR count). The first-order valence-electron chi connectivity index (χ1n) is 5.82. The summed E-state index contributed by atoms with van der Waals surface area (Å²) in [6.45, 7) is 9.96. The summed E-state index contributed by atoms with van der Waals surface area (Å²) in [5, 5.41) is 7.60. The van der Waals surface area contributed by atoms with E-state index in [1.54, 1.807) is 0 Å². The number of hydrogen-bond acceptors (Lipinski definition) is 3. The normalized spacial score (nSPS) is 12.6. The molecule has 1 unspecified atom stereocenters. The summed E-state index contributed by atoms with van der Waals surface area (Å²) in [7, 11) is 0. The lowest BCUT2D eigenvalue weighted by Gasteiger charge is -2.21. The number of pyridine rings is 1. The van der Waals surface area contributed by atoms with Crippen molar-refractivity contribution < 1.29 is 4.74 Å². The maximum Gasteiger partial charge on any atom is 0.134 e. The Hall–Kier alpha value is -1.58. The maximum atomic E-state index is 7.60. The average Bonchev–Trinajstić information content (AvgIpc) is 2.14. The fourth-order valence-electron chi connectivity index (χ4n) is 1.55. The Kier molecular flexibility index (Phi) is 4.10. The van der Waals surface area contributed by atoms with Crippen LogP contribution >= 0.6 is 0 Å². The van der Waals surface area contributed by atoms with Crippen LogP contribution in [0.3, 0.4) is 0 Å². The van der Waals surface area contributed by atoms with Crippen LogP contribution in [0, 0.1) is 25.2 Å². The molecule has 0 aliphatic rings. The van der Waals surface area contributed by atoms with Crippen LogP contribution in [0.1, 0.15) is 37.7 Å². The number of aromatic nitrogens is 1. The lowest BCUT2D eigenvalue weighted by atomic mass is 10.1. The second-order valence-electron chi connectivity index (χ2n) is 4.70. The molecule has 0 amide bonds. The number of nitrogens with zero attached hydrogens (tertiary/aromatic N) is 1. The molecule has 0 fully saturated rings. The Morgan fingerprint density at radius 1 is 1.35 bits per heavy atom. The predicted octanol–water partition coefficient (Wildman–Crippen LogP) is 2.41. The number of nitrogens with one attached hydrogen (secondary N) is 1. The van der Waals surface area contributed by atoms with Crippen LogP contribution in [0.4, 0.5) is 0 Å². The van der Waals surface area contributed by atoms with Crippen LogP contribution < -0.4 is 10.5 Å². The Bertz CT molecular complexity index is 427. The van der Waals surface area contributed by atoms with Crippen LogP contribution in [-0.4, -0.2) is 16.9 Å². The summed E-state index contributed by atoms with van der Waals surface area (Å²) in [4.78, 5) is 4.31. The number of aryl methyl sites for hydroxylation is 2. The Morgan fingerprint density at radius 2 is 1.94 bits per heavy atom. The van der Waals surface area contributed by atoms with Gasteiger partial charge in [0.05, 0.1) is 17.4 Å². The SMILES string of the molecule is Cc1cc(OC(C)C(C)C)c(C(=N)N)c(C)n1. The van der Waals surface area contributed by atoms with Gasteiger partial charge in [0.1, 0.15) is 11.6 Å². The third-order valence-corrected chi connectivity index (χ3v) is 2.81. The highest BCUT2D eigenvalue weighted by molar-refractivity contribution is 5.98. The molecule has 0 spiro atoms. The molecule has 4 heteroatoms. The molecule has 1 aromatic heterocycles. The number of nitrogens with two attached hydrogens (primary N) is 1. The van der Waals surface area contributed by atoms with E-state index in [-0.39, 0.29) is 11.9 Å². The van der Waals surface area contributed by atoms with E-state index in [0.717, 1.165) is 11.4 Å². The van der Waals surface area contributed by atoms with Crippen LogP contribution in [0.15, 0.2) is 6.07 Å². The standard InChI is InChI=1S/C13H21N3O/c1-7(2)10(5)17-11-6-8(3)16-9(4)12(11)13(14)15/h6-7,10H,1-5H3,(H3,14,15). The molecule has 94 valence electrons. The van der Waals surface area contributed by atoms with Crippen molar-refractivity contribution in [1.29, 1.82) is 5.41 Å². The number of ether oxygens (including phenoxy) is 1. The molecule has 0 saturated carbocycles. The average molecular weight is 235 g/mol. The molecule has 17 heavy (non-hydrogen) atoms. The van der Waals surface area contributed by atoms with Gasteiger partial charge in [-0.3, -0.25) is 10.4 Å². The zero-order chi connectivity index (χ0) is 13.2. The third kappa shape index (κ3) is 3.19. The summed E-state index contributed by atoms with van der Waals surface area (Å²) in [5.41, 5.74) is 7.79. The van der Waals surface area contributed by atoms with Crippen molar-refractivity contribution in [1.82, 2.24) is 4.98 Å². The lowest BCUT2D eigenvalue weighted by molar-refractivity contribution is 0.170. The Balaban J connectivity index is 3.17. The number of nitrogen functional groups attached to an aromatic ring is 1. The molecule has 0 aromatic carbocycles. The fourth-order valence-corrected chi connectivity index (χ4v) is 1.55. The molecule has 0 aliphatic carbocycles. The van der Waals surface area contributed by atoms with E-state index >= 15 is 0 Å². The van der Waals surface area contributed by atoms with E-state index in [1.807, 2.05) is 26.8 Å². The molecule has 0 aliphatic heterocycles. The van der Waals surface area contributed by atoms with E-state index in [1.165, 1.54) is 0 Å². The minimum Gasteiger partial charge on any atom is -0.490 e. The number of amidine groups is 1. The van der Waals surface area contributed by atoms with Crippen molar-refractivity contribution in [2.24, 2.45) is 11.7 Å². The molecule has 3 N–H and O–H groups in total. The van der Waals surface area contributed by atoms with Gasteiger partial charge in [-0.1, -0.05) is 13.8 Å². The summed E-state index contributed by atoms with van der Waals surface area (Å²) in [6.07, 6.45) is 0.0781. The van der Waals surface area contributed by atoms with Crippen molar-refractivity contribution >= 4 is 5.84 Å². The molecular weight excluding hydrogens is 214 g/mol. The second kappa shape index (κ2) is 5.17. The van der Waals surface area contributed by atoms with Crippen LogP contribution in [-0.2, 0) is 0 Å². The highest BCUT2D eigenvalue weighted by Crippen LogP contribution is 2.24. The molecular formula is C13H21N3O. The summed E-state index contributed by atoms with van der Waals surface area (Å²) in [5.74, 6) is 1.06. The minimum atomic E-state index is 0.000885. The highest BCUT2D eigenvalue weighted by atomic mass is 16.5. The van der Waals surface area contributed by atoms with Gasteiger partial charge in [0, 0.05) is 11.8 Å². The fraction of sp³-hybridized carbons (Fsp3) is 0.538. The second-order valence-corrected chi connectivity index (χ2v) is 4.70. The first-order chi connectivity index (χ1) is 7.82. The quantitative estimate of drug-likeness (QED) is 0.621. The predicted molar refractivity (Wildman–Crippen MR) is 69.7 cm³/mol. The molecule has 1 atom stereocenters. The van der Waals surface area contributed by atoms with Crippen LogP contribution in [0.5, 0.6) is 5.75 Å². The molecule has 4 nitrogen and oxygen atoms in total. The van der Waals surface area contributed by atoms with Crippen molar-refractivity contribution in [3.63, 3.8) is 0 Å². The van der Waals surface area contributed by atoms with Gasteiger partial charge in [0.25, 0.3) is 0 Å². The van der Waals surface area contributed by atoms with E-state index in [9.17, 15) is 0 Å². The number of rotatable bonds is 4. The minimum absolute atomic E-state index is 0.000885. The molecule has 0 saturated heterocycles. The maximum absolute atomic E-state index is 7.60. The van der Waals surface area contributed by atoms with Gasteiger partial charge < -0.3 is 10.5 Å². The first-order valence-corrected chi connectivity index (χ1v) is 5.82. The van der Waals surface area contributed by atoms with E-state index in [2.05, 4.69) is 18.8 Å². The van der Waals surface area contributed by atoms with Crippen molar-refractivity contribution in [2.75, 3.05) is 0 Å². The smallest absolute Gasteiger partial charge is 0.134 e.